The molecule has 1 fully saturated rings. The highest BCUT2D eigenvalue weighted by atomic mass is 32.2. The van der Waals surface area contributed by atoms with Gasteiger partial charge < -0.3 is 5.11 Å². The van der Waals surface area contributed by atoms with Gasteiger partial charge in [-0.15, -0.1) is 11.3 Å². The van der Waals surface area contributed by atoms with Gasteiger partial charge in [0.15, 0.2) is 0 Å². The lowest BCUT2D eigenvalue weighted by Crippen LogP contribution is -2.48. The van der Waals surface area contributed by atoms with Crippen molar-refractivity contribution in [3.05, 3.63) is 52.0 Å². The van der Waals surface area contributed by atoms with E-state index in [4.69, 9.17) is 5.11 Å². The molecule has 6 nitrogen and oxygen atoms in total. The standard InChI is InChI=1S/C16H17FN2O4S2/c17-14-4-3-12(16(20)21)10-15(14)25(22,23)19-7-5-18(6-8-19)11-13-2-1-9-24-13/h1-4,9-10H,5-8,11H2,(H,20,21). The van der Waals surface area contributed by atoms with Crippen LogP contribution in [0.15, 0.2) is 40.6 Å². The number of carbonyl (C=O) groups is 1. The Bertz CT molecular complexity index is 860. The van der Waals surface area contributed by atoms with Gasteiger partial charge in [0.1, 0.15) is 10.7 Å². The molecule has 1 saturated heterocycles. The average Bonchev–Trinajstić information content (AvgIpc) is 3.08. The van der Waals surface area contributed by atoms with Crippen molar-refractivity contribution in [2.75, 3.05) is 26.2 Å². The Morgan fingerprint density at radius 1 is 1.20 bits per heavy atom. The first-order chi connectivity index (χ1) is 11.9. The van der Waals surface area contributed by atoms with Gasteiger partial charge in [0, 0.05) is 37.6 Å². The van der Waals surface area contributed by atoms with Crippen LogP contribution in [0.4, 0.5) is 4.39 Å². The summed E-state index contributed by atoms with van der Waals surface area (Å²) in [5, 5.41) is 11.0. The minimum atomic E-state index is -4.06. The van der Waals surface area contributed by atoms with Crippen LogP contribution in [0.1, 0.15) is 15.2 Å². The zero-order chi connectivity index (χ0) is 18.0. The molecular weight excluding hydrogens is 367 g/mol. The highest BCUT2D eigenvalue weighted by molar-refractivity contribution is 7.89. The Hall–Kier alpha value is -1.81. The fraction of sp³-hybridized carbons (Fsp3) is 0.312. The SMILES string of the molecule is O=C(O)c1ccc(F)c(S(=O)(=O)N2CCN(Cc3cccs3)CC2)c1. The first-order valence-electron chi connectivity index (χ1n) is 7.65. The Labute approximate surface area is 149 Å². The molecule has 1 aromatic heterocycles. The van der Waals surface area contributed by atoms with Crippen LogP contribution < -0.4 is 0 Å². The number of carboxylic acid groups (broad SMARTS) is 1. The van der Waals surface area contributed by atoms with Crippen molar-refractivity contribution in [3.63, 3.8) is 0 Å². The normalized spacial score (nSPS) is 16.8. The molecule has 0 bridgehead atoms. The van der Waals surface area contributed by atoms with Gasteiger partial charge in [-0.2, -0.15) is 4.31 Å². The van der Waals surface area contributed by atoms with E-state index in [2.05, 4.69) is 4.90 Å². The molecule has 0 atom stereocenters. The molecule has 1 aliphatic rings. The van der Waals surface area contributed by atoms with E-state index < -0.39 is 26.7 Å². The molecule has 0 aliphatic carbocycles. The van der Waals surface area contributed by atoms with Gasteiger partial charge >= 0.3 is 5.97 Å². The van der Waals surface area contributed by atoms with E-state index in [1.54, 1.807) is 11.3 Å². The van der Waals surface area contributed by atoms with E-state index in [0.29, 0.717) is 13.1 Å². The summed E-state index contributed by atoms with van der Waals surface area (Å²) in [6.07, 6.45) is 0. The van der Waals surface area contributed by atoms with Gasteiger partial charge in [0.2, 0.25) is 10.0 Å². The van der Waals surface area contributed by atoms with Crippen LogP contribution in [0.5, 0.6) is 0 Å². The molecule has 0 amide bonds. The molecule has 9 heteroatoms. The second-order valence-corrected chi connectivity index (χ2v) is 8.65. The maximum absolute atomic E-state index is 14.0. The number of thiophene rings is 1. The van der Waals surface area contributed by atoms with Gasteiger partial charge in [0.05, 0.1) is 5.56 Å². The van der Waals surface area contributed by atoms with Crippen molar-refractivity contribution in [2.24, 2.45) is 0 Å². The predicted octanol–water partition coefficient (Wildman–Crippen LogP) is 2.09. The third-order valence-corrected chi connectivity index (χ3v) is 6.86. The molecule has 0 radical (unpaired) electrons. The quantitative estimate of drug-likeness (QED) is 0.854. The Morgan fingerprint density at radius 3 is 2.52 bits per heavy atom. The number of benzene rings is 1. The fourth-order valence-corrected chi connectivity index (χ4v) is 4.98. The van der Waals surface area contributed by atoms with E-state index in [0.717, 1.165) is 24.7 Å². The third kappa shape index (κ3) is 3.90. The van der Waals surface area contributed by atoms with Gasteiger partial charge in [0.25, 0.3) is 0 Å². The van der Waals surface area contributed by atoms with Crippen LogP contribution in [0.3, 0.4) is 0 Å². The maximum Gasteiger partial charge on any atom is 0.335 e. The highest BCUT2D eigenvalue weighted by Crippen LogP contribution is 2.23. The van der Waals surface area contributed by atoms with E-state index >= 15 is 0 Å². The monoisotopic (exact) mass is 384 g/mol. The number of nitrogens with zero attached hydrogens (tertiary/aromatic N) is 2. The summed E-state index contributed by atoms with van der Waals surface area (Å²) >= 11 is 1.65. The van der Waals surface area contributed by atoms with Gasteiger partial charge in [-0.1, -0.05) is 6.07 Å². The number of hydrogen-bond acceptors (Lipinski definition) is 5. The van der Waals surface area contributed by atoms with Gasteiger partial charge in [-0.05, 0) is 29.6 Å². The van der Waals surface area contributed by atoms with Gasteiger partial charge in [-0.25, -0.2) is 17.6 Å². The number of halogens is 1. The van der Waals surface area contributed by atoms with Crippen molar-refractivity contribution in [2.45, 2.75) is 11.4 Å². The number of sulfonamides is 1. The van der Waals surface area contributed by atoms with Crippen molar-refractivity contribution < 1.29 is 22.7 Å². The summed E-state index contributed by atoms with van der Waals surface area (Å²) in [4.78, 5) is 13.8. The lowest BCUT2D eigenvalue weighted by atomic mass is 10.2. The summed E-state index contributed by atoms with van der Waals surface area (Å²) in [6, 6.07) is 6.81. The first kappa shape index (κ1) is 18.0. The summed E-state index contributed by atoms with van der Waals surface area (Å²) in [7, 11) is -4.06. The Balaban J connectivity index is 1.74. The Kier molecular flexibility index (Phi) is 5.19. The van der Waals surface area contributed by atoms with E-state index in [1.165, 1.54) is 9.18 Å². The van der Waals surface area contributed by atoms with Gasteiger partial charge in [-0.3, -0.25) is 4.90 Å². The van der Waals surface area contributed by atoms with E-state index in [1.807, 2.05) is 17.5 Å². The third-order valence-electron chi connectivity index (χ3n) is 4.09. The van der Waals surface area contributed by atoms with Crippen LogP contribution in [-0.2, 0) is 16.6 Å². The molecule has 0 spiro atoms. The van der Waals surface area contributed by atoms with Crippen molar-refractivity contribution in [1.82, 2.24) is 9.21 Å². The topological polar surface area (TPSA) is 77.9 Å². The molecule has 2 aromatic rings. The number of carboxylic acids is 1. The number of piperazine rings is 1. The average molecular weight is 384 g/mol. The molecular formula is C16H17FN2O4S2. The lowest BCUT2D eigenvalue weighted by Gasteiger charge is -2.33. The predicted molar refractivity (Wildman–Crippen MR) is 91.7 cm³/mol. The molecule has 0 unspecified atom stereocenters. The smallest absolute Gasteiger partial charge is 0.335 e. The van der Waals surface area contributed by atoms with Crippen LogP contribution in [0.2, 0.25) is 0 Å². The zero-order valence-corrected chi connectivity index (χ0v) is 14.9. The van der Waals surface area contributed by atoms with E-state index in [-0.39, 0.29) is 18.7 Å². The van der Waals surface area contributed by atoms with Crippen LogP contribution in [-0.4, -0.2) is 54.9 Å². The Morgan fingerprint density at radius 2 is 1.92 bits per heavy atom. The number of rotatable bonds is 5. The molecule has 134 valence electrons. The molecule has 1 N–H and O–H groups in total. The minimum Gasteiger partial charge on any atom is -0.478 e. The van der Waals surface area contributed by atoms with Crippen molar-refractivity contribution in [3.8, 4) is 0 Å². The van der Waals surface area contributed by atoms with Crippen molar-refractivity contribution in [1.29, 1.82) is 0 Å². The number of hydrogen-bond donors (Lipinski definition) is 1. The minimum absolute atomic E-state index is 0.241. The molecule has 2 heterocycles. The molecule has 1 aliphatic heterocycles. The second-order valence-electron chi connectivity index (χ2n) is 5.71. The number of aromatic carboxylic acids is 1. The molecule has 1 aromatic carbocycles. The first-order valence-corrected chi connectivity index (χ1v) is 9.97. The maximum atomic E-state index is 14.0. The highest BCUT2D eigenvalue weighted by Gasteiger charge is 2.31. The summed E-state index contributed by atoms with van der Waals surface area (Å²) < 4.78 is 40.6. The second kappa shape index (κ2) is 7.20. The molecule has 3 rings (SSSR count). The van der Waals surface area contributed by atoms with Crippen LogP contribution in [0, 0.1) is 5.82 Å². The summed E-state index contributed by atoms with van der Waals surface area (Å²) in [5.41, 5.74) is -0.253. The van der Waals surface area contributed by atoms with E-state index in [9.17, 15) is 17.6 Å². The summed E-state index contributed by atoms with van der Waals surface area (Å²) in [6.45, 7) is 2.32. The zero-order valence-electron chi connectivity index (χ0n) is 13.3. The summed E-state index contributed by atoms with van der Waals surface area (Å²) in [5.74, 6) is -2.23. The van der Waals surface area contributed by atoms with Crippen LogP contribution >= 0.6 is 11.3 Å². The molecule has 25 heavy (non-hydrogen) atoms. The largest absolute Gasteiger partial charge is 0.478 e. The van der Waals surface area contributed by atoms with Crippen molar-refractivity contribution >= 4 is 27.3 Å². The van der Waals surface area contributed by atoms with Crippen LogP contribution in [0.25, 0.3) is 0 Å². The lowest BCUT2D eigenvalue weighted by molar-refractivity contribution is 0.0696. The molecule has 0 saturated carbocycles. The fourth-order valence-electron chi connectivity index (χ4n) is 2.72.